The van der Waals surface area contributed by atoms with Crippen LogP contribution in [-0.4, -0.2) is 53.5 Å². The molecule has 1 aromatic carbocycles. The Labute approximate surface area is 155 Å². The normalized spacial score (nSPS) is 15.7. The van der Waals surface area contributed by atoms with Gasteiger partial charge in [0.2, 0.25) is 11.9 Å². The van der Waals surface area contributed by atoms with Crippen LogP contribution in [0.25, 0.3) is 0 Å². The van der Waals surface area contributed by atoms with Gasteiger partial charge in [0.25, 0.3) is 0 Å². The van der Waals surface area contributed by atoms with E-state index in [1.165, 1.54) is 5.56 Å². The molecule has 0 bridgehead atoms. The van der Waals surface area contributed by atoms with Gasteiger partial charge >= 0.3 is 0 Å². The van der Waals surface area contributed by atoms with Crippen molar-refractivity contribution in [1.29, 1.82) is 0 Å². The lowest BCUT2D eigenvalue weighted by Crippen LogP contribution is -2.49. The lowest BCUT2D eigenvalue weighted by molar-refractivity contribution is -0.117. The van der Waals surface area contributed by atoms with E-state index in [2.05, 4.69) is 58.0 Å². The number of aromatic nitrogens is 2. The van der Waals surface area contributed by atoms with Crippen molar-refractivity contribution >= 4 is 17.5 Å². The molecule has 0 atom stereocenters. The fraction of sp³-hybridized carbons (Fsp3) is 0.450. The number of hydrogen-bond donors (Lipinski definition) is 1. The Kier molecular flexibility index (Phi) is 5.52. The molecule has 2 aromatic rings. The predicted octanol–water partition coefficient (Wildman–Crippen LogP) is 2.53. The van der Waals surface area contributed by atoms with Crippen molar-refractivity contribution in [2.45, 2.75) is 26.2 Å². The van der Waals surface area contributed by atoms with Crippen molar-refractivity contribution in [3.05, 3.63) is 48.3 Å². The van der Waals surface area contributed by atoms with Crippen molar-refractivity contribution in [3.8, 4) is 0 Å². The van der Waals surface area contributed by atoms with Gasteiger partial charge in [-0.1, -0.05) is 32.9 Å². The molecule has 0 aliphatic carbocycles. The minimum Gasteiger partial charge on any atom is -0.338 e. The van der Waals surface area contributed by atoms with E-state index in [1.54, 1.807) is 12.4 Å². The molecule has 6 heteroatoms. The van der Waals surface area contributed by atoms with E-state index in [-0.39, 0.29) is 11.3 Å². The van der Waals surface area contributed by atoms with Gasteiger partial charge in [0, 0.05) is 44.3 Å². The Morgan fingerprint density at radius 1 is 1.04 bits per heavy atom. The molecular weight excluding hydrogens is 326 g/mol. The van der Waals surface area contributed by atoms with Gasteiger partial charge in [-0.05, 0) is 29.2 Å². The van der Waals surface area contributed by atoms with Gasteiger partial charge < -0.3 is 10.2 Å². The second-order valence-corrected chi connectivity index (χ2v) is 7.69. The Hall–Kier alpha value is -2.47. The fourth-order valence-electron chi connectivity index (χ4n) is 3.02. The summed E-state index contributed by atoms with van der Waals surface area (Å²) in [5, 5.41) is 2.99. The first-order chi connectivity index (χ1) is 12.4. The number of carbonyl (C=O) groups is 1. The lowest BCUT2D eigenvalue weighted by Gasteiger charge is -2.34. The van der Waals surface area contributed by atoms with Crippen molar-refractivity contribution in [2.75, 3.05) is 42.9 Å². The van der Waals surface area contributed by atoms with E-state index < -0.39 is 0 Å². The van der Waals surface area contributed by atoms with Crippen LogP contribution in [0, 0.1) is 0 Å². The molecular formula is C20H27N5O. The molecule has 0 saturated carbocycles. The summed E-state index contributed by atoms with van der Waals surface area (Å²) in [5.74, 6) is 0.786. The van der Waals surface area contributed by atoms with E-state index in [0.717, 1.165) is 37.8 Å². The Morgan fingerprint density at radius 2 is 1.65 bits per heavy atom. The minimum atomic E-state index is 0.0259. The van der Waals surface area contributed by atoms with Crippen molar-refractivity contribution in [1.82, 2.24) is 14.9 Å². The fourth-order valence-corrected chi connectivity index (χ4v) is 3.02. The molecule has 1 aliphatic heterocycles. The summed E-state index contributed by atoms with van der Waals surface area (Å²) in [4.78, 5) is 25.2. The van der Waals surface area contributed by atoms with E-state index >= 15 is 0 Å². The van der Waals surface area contributed by atoms with Gasteiger partial charge in [-0.2, -0.15) is 0 Å². The topological polar surface area (TPSA) is 61.4 Å². The maximum absolute atomic E-state index is 12.3. The van der Waals surface area contributed by atoms with Crippen molar-refractivity contribution in [2.24, 2.45) is 0 Å². The molecule has 1 saturated heterocycles. The highest BCUT2D eigenvalue weighted by Gasteiger charge is 2.20. The van der Waals surface area contributed by atoms with Crippen LogP contribution in [0.1, 0.15) is 26.3 Å². The number of amides is 1. The molecule has 26 heavy (non-hydrogen) atoms. The average molecular weight is 353 g/mol. The largest absolute Gasteiger partial charge is 0.338 e. The van der Waals surface area contributed by atoms with E-state index in [1.807, 2.05) is 18.2 Å². The smallest absolute Gasteiger partial charge is 0.238 e. The molecule has 0 spiro atoms. The summed E-state index contributed by atoms with van der Waals surface area (Å²) >= 11 is 0. The summed E-state index contributed by atoms with van der Waals surface area (Å²) in [7, 11) is 0. The molecule has 1 aliphatic rings. The number of anilines is 2. The van der Waals surface area contributed by atoms with E-state index in [9.17, 15) is 4.79 Å². The molecule has 3 rings (SSSR count). The highest BCUT2D eigenvalue weighted by Crippen LogP contribution is 2.23. The standard InChI is InChI=1S/C20H27N5O/c1-20(2,3)16-5-7-17(8-6-16)23-18(26)15-24-11-13-25(14-12-24)19-21-9-4-10-22-19/h4-10H,11-15H2,1-3H3,(H,23,26). The van der Waals surface area contributed by atoms with Gasteiger partial charge in [0.15, 0.2) is 0 Å². The number of piperazine rings is 1. The van der Waals surface area contributed by atoms with Gasteiger partial charge in [-0.3, -0.25) is 9.69 Å². The third-order valence-electron chi connectivity index (χ3n) is 4.61. The third kappa shape index (κ3) is 4.79. The maximum Gasteiger partial charge on any atom is 0.238 e. The van der Waals surface area contributed by atoms with Crippen LogP contribution in [0.5, 0.6) is 0 Å². The Morgan fingerprint density at radius 3 is 2.23 bits per heavy atom. The molecule has 1 amide bonds. The Balaban J connectivity index is 1.47. The minimum absolute atomic E-state index is 0.0259. The van der Waals surface area contributed by atoms with Gasteiger partial charge in [-0.25, -0.2) is 9.97 Å². The zero-order valence-corrected chi connectivity index (χ0v) is 15.8. The second kappa shape index (κ2) is 7.83. The van der Waals surface area contributed by atoms with Crippen LogP contribution in [0.15, 0.2) is 42.7 Å². The maximum atomic E-state index is 12.3. The third-order valence-corrected chi connectivity index (χ3v) is 4.61. The highest BCUT2D eigenvalue weighted by molar-refractivity contribution is 5.92. The summed E-state index contributed by atoms with van der Waals surface area (Å²) < 4.78 is 0. The van der Waals surface area contributed by atoms with E-state index in [0.29, 0.717) is 6.54 Å². The lowest BCUT2D eigenvalue weighted by atomic mass is 9.87. The monoisotopic (exact) mass is 353 g/mol. The van der Waals surface area contributed by atoms with Crippen LogP contribution in [0.4, 0.5) is 11.6 Å². The number of nitrogens with one attached hydrogen (secondary N) is 1. The molecule has 6 nitrogen and oxygen atoms in total. The molecule has 1 fully saturated rings. The van der Waals surface area contributed by atoms with Gasteiger partial charge in [0.05, 0.1) is 6.54 Å². The van der Waals surface area contributed by atoms with Gasteiger partial charge in [0.1, 0.15) is 0 Å². The van der Waals surface area contributed by atoms with Crippen LogP contribution < -0.4 is 10.2 Å². The zero-order chi connectivity index (χ0) is 18.6. The van der Waals surface area contributed by atoms with Crippen LogP contribution >= 0.6 is 0 Å². The number of hydrogen-bond acceptors (Lipinski definition) is 5. The first-order valence-corrected chi connectivity index (χ1v) is 9.06. The molecule has 1 aromatic heterocycles. The molecule has 0 unspecified atom stereocenters. The first-order valence-electron chi connectivity index (χ1n) is 9.06. The summed E-state index contributed by atoms with van der Waals surface area (Å²) in [6, 6.07) is 9.92. The summed E-state index contributed by atoms with van der Waals surface area (Å²) in [6.45, 7) is 10.3. The number of benzene rings is 1. The predicted molar refractivity (Wildman–Crippen MR) is 104 cm³/mol. The SMILES string of the molecule is CC(C)(C)c1ccc(NC(=O)CN2CCN(c3ncccn3)CC2)cc1. The van der Waals surface area contributed by atoms with E-state index in [4.69, 9.17) is 0 Å². The summed E-state index contributed by atoms with van der Waals surface area (Å²) in [5.41, 5.74) is 2.22. The number of carbonyl (C=O) groups excluding carboxylic acids is 1. The summed E-state index contributed by atoms with van der Waals surface area (Å²) in [6.07, 6.45) is 3.51. The molecule has 1 N–H and O–H groups in total. The zero-order valence-electron chi connectivity index (χ0n) is 15.8. The van der Waals surface area contributed by atoms with Crippen LogP contribution in [0.3, 0.4) is 0 Å². The van der Waals surface area contributed by atoms with Gasteiger partial charge in [-0.15, -0.1) is 0 Å². The Bertz CT molecular complexity index is 716. The number of nitrogens with zero attached hydrogens (tertiary/aromatic N) is 4. The van der Waals surface area contributed by atoms with Crippen LogP contribution in [-0.2, 0) is 10.2 Å². The molecule has 0 radical (unpaired) electrons. The average Bonchev–Trinajstić information content (AvgIpc) is 2.63. The van der Waals surface area contributed by atoms with Crippen LogP contribution in [0.2, 0.25) is 0 Å². The van der Waals surface area contributed by atoms with Crippen molar-refractivity contribution in [3.63, 3.8) is 0 Å². The second-order valence-electron chi connectivity index (χ2n) is 7.69. The first kappa shape index (κ1) is 18.3. The quantitative estimate of drug-likeness (QED) is 0.915. The van der Waals surface area contributed by atoms with Crippen molar-refractivity contribution < 1.29 is 4.79 Å². The number of rotatable bonds is 4. The highest BCUT2D eigenvalue weighted by atomic mass is 16.2. The molecule has 138 valence electrons. The molecule has 2 heterocycles.